The summed E-state index contributed by atoms with van der Waals surface area (Å²) in [6.07, 6.45) is 0.136. The highest BCUT2D eigenvalue weighted by atomic mass is 16.5. The van der Waals surface area contributed by atoms with Gasteiger partial charge in [0.1, 0.15) is 11.9 Å². The molecule has 1 aliphatic rings. The van der Waals surface area contributed by atoms with E-state index in [0.717, 1.165) is 12.3 Å². The molecule has 1 N–H and O–H groups in total. The number of benzene rings is 3. The monoisotopic (exact) mass is 385 g/mol. The first-order chi connectivity index (χ1) is 14.0. The van der Waals surface area contributed by atoms with Crippen LogP contribution in [0.3, 0.4) is 0 Å². The topological polar surface area (TPSA) is 21.3 Å². The molecule has 4 rings (SSSR count). The van der Waals surface area contributed by atoms with Crippen LogP contribution in [0.15, 0.2) is 60.7 Å². The molecule has 0 saturated carbocycles. The van der Waals surface area contributed by atoms with Gasteiger partial charge in [-0.1, -0.05) is 68.4 Å². The van der Waals surface area contributed by atoms with Crippen LogP contribution in [0.1, 0.15) is 66.0 Å². The Labute approximate surface area is 174 Å². The van der Waals surface area contributed by atoms with Gasteiger partial charge in [0, 0.05) is 23.7 Å². The summed E-state index contributed by atoms with van der Waals surface area (Å²) in [5.41, 5.74) is 9.01. The van der Waals surface area contributed by atoms with E-state index in [-0.39, 0.29) is 12.0 Å². The van der Waals surface area contributed by atoms with Crippen molar-refractivity contribution in [2.45, 2.75) is 59.1 Å². The first-order valence-corrected chi connectivity index (χ1v) is 10.6. The summed E-state index contributed by atoms with van der Waals surface area (Å²) >= 11 is 0. The van der Waals surface area contributed by atoms with Crippen molar-refractivity contribution in [2.75, 3.05) is 5.32 Å². The number of rotatable bonds is 5. The molecule has 150 valence electrons. The number of nitrogens with one attached hydrogen (secondary N) is 1. The zero-order valence-electron chi connectivity index (χ0n) is 18.1. The summed E-state index contributed by atoms with van der Waals surface area (Å²) in [4.78, 5) is 0. The number of ether oxygens (including phenoxy) is 1. The number of hydrogen-bond acceptors (Lipinski definition) is 2. The van der Waals surface area contributed by atoms with E-state index >= 15 is 0 Å². The fourth-order valence-corrected chi connectivity index (χ4v) is 4.33. The predicted molar refractivity (Wildman–Crippen MR) is 122 cm³/mol. The minimum absolute atomic E-state index is 0.136. The first-order valence-electron chi connectivity index (χ1n) is 10.6. The standard InChI is InChI=1S/C27H31NO/c1-17(2)22-11-13-23(14-12-22)26-20(5)29-27-19(4)18(3)25(15-24(26)27)28-16-21-9-7-6-8-10-21/h6-15,17,20,26,28H,16H2,1-5H3/t20-,26-/m0/s1. The van der Waals surface area contributed by atoms with Crippen molar-refractivity contribution in [2.24, 2.45) is 0 Å². The lowest BCUT2D eigenvalue weighted by atomic mass is 9.86. The van der Waals surface area contributed by atoms with Gasteiger partial charge in [-0.25, -0.2) is 0 Å². The van der Waals surface area contributed by atoms with Gasteiger partial charge in [0.25, 0.3) is 0 Å². The van der Waals surface area contributed by atoms with E-state index in [4.69, 9.17) is 4.74 Å². The Morgan fingerprint density at radius 2 is 1.62 bits per heavy atom. The van der Waals surface area contributed by atoms with Gasteiger partial charge in [0.2, 0.25) is 0 Å². The second kappa shape index (κ2) is 7.94. The smallest absolute Gasteiger partial charge is 0.127 e. The van der Waals surface area contributed by atoms with Gasteiger partial charge in [-0.2, -0.15) is 0 Å². The molecule has 0 amide bonds. The lowest BCUT2D eigenvalue weighted by Gasteiger charge is -2.18. The van der Waals surface area contributed by atoms with Crippen LogP contribution in [0.2, 0.25) is 0 Å². The molecule has 0 aliphatic carbocycles. The molecule has 0 saturated heterocycles. The molecule has 1 heterocycles. The maximum Gasteiger partial charge on any atom is 0.127 e. The van der Waals surface area contributed by atoms with Crippen LogP contribution in [0.4, 0.5) is 5.69 Å². The Morgan fingerprint density at radius 3 is 2.28 bits per heavy atom. The SMILES string of the molecule is Cc1c(NCc2ccccc2)cc2c(c1C)O[C@@H](C)[C@H]2c1ccc(C(C)C)cc1. The average molecular weight is 386 g/mol. The van der Waals surface area contributed by atoms with Crippen molar-refractivity contribution in [3.63, 3.8) is 0 Å². The molecule has 0 spiro atoms. The Bertz CT molecular complexity index is 989. The number of anilines is 1. The van der Waals surface area contributed by atoms with Gasteiger partial charge in [-0.05, 0) is 60.6 Å². The highest BCUT2D eigenvalue weighted by Crippen LogP contribution is 2.47. The van der Waals surface area contributed by atoms with Crippen molar-refractivity contribution in [1.82, 2.24) is 0 Å². The van der Waals surface area contributed by atoms with E-state index < -0.39 is 0 Å². The summed E-state index contributed by atoms with van der Waals surface area (Å²) in [6, 6.07) is 21.9. The minimum atomic E-state index is 0.136. The molecular weight excluding hydrogens is 354 g/mol. The van der Waals surface area contributed by atoms with Crippen LogP contribution in [-0.4, -0.2) is 6.10 Å². The van der Waals surface area contributed by atoms with Crippen molar-refractivity contribution in [3.8, 4) is 5.75 Å². The Balaban J connectivity index is 1.68. The summed E-state index contributed by atoms with van der Waals surface area (Å²) in [5, 5.41) is 3.66. The summed E-state index contributed by atoms with van der Waals surface area (Å²) in [6.45, 7) is 11.8. The summed E-state index contributed by atoms with van der Waals surface area (Å²) < 4.78 is 6.35. The van der Waals surface area contributed by atoms with Gasteiger partial charge >= 0.3 is 0 Å². The van der Waals surface area contributed by atoms with Crippen molar-refractivity contribution >= 4 is 5.69 Å². The van der Waals surface area contributed by atoms with Crippen LogP contribution in [0.25, 0.3) is 0 Å². The molecule has 2 heteroatoms. The molecule has 0 unspecified atom stereocenters. The van der Waals surface area contributed by atoms with Crippen LogP contribution in [0, 0.1) is 13.8 Å². The third-order valence-electron chi connectivity index (χ3n) is 6.27. The molecule has 2 atom stereocenters. The third kappa shape index (κ3) is 3.76. The van der Waals surface area contributed by atoms with Gasteiger partial charge in [0.05, 0.1) is 0 Å². The van der Waals surface area contributed by atoms with Crippen LogP contribution >= 0.6 is 0 Å². The van der Waals surface area contributed by atoms with Gasteiger partial charge in [-0.15, -0.1) is 0 Å². The summed E-state index contributed by atoms with van der Waals surface area (Å²) in [7, 11) is 0. The molecule has 0 radical (unpaired) electrons. The van der Waals surface area contributed by atoms with E-state index in [1.807, 2.05) is 0 Å². The fraction of sp³-hybridized carbons (Fsp3) is 0.333. The molecular formula is C27H31NO. The third-order valence-corrected chi connectivity index (χ3v) is 6.27. The molecule has 0 bridgehead atoms. The van der Waals surface area contributed by atoms with Gasteiger partial charge < -0.3 is 10.1 Å². The number of hydrogen-bond donors (Lipinski definition) is 1. The molecule has 0 aromatic heterocycles. The van der Waals surface area contributed by atoms with E-state index in [9.17, 15) is 0 Å². The van der Waals surface area contributed by atoms with Gasteiger partial charge in [-0.3, -0.25) is 0 Å². The maximum atomic E-state index is 6.35. The molecule has 3 aromatic rings. The highest BCUT2D eigenvalue weighted by Gasteiger charge is 2.34. The molecule has 0 fully saturated rings. The molecule has 29 heavy (non-hydrogen) atoms. The Kier molecular flexibility index (Phi) is 5.36. The van der Waals surface area contributed by atoms with Gasteiger partial charge in [0.15, 0.2) is 0 Å². The van der Waals surface area contributed by atoms with E-state index in [0.29, 0.717) is 5.92 Å². The molecule has 2 nitrogen and oxygen atoms in total. The van der Waals surface area contributed by atoms with Crippen molar-refractivity contribution < 1.29 is 4.74 Å². The van der Waals surface area contributed by atoms with Crippen molar-refractivity contribution in [1.29, 1.82) is 0 Å². The minimum Gasteiger partial charge on any atom is -0.489 e. The first kappa shape index (κ1) is 19.6. The Morgan fingerprint density at radius 1 is 0.931 bits per heavy atom. The maximum absolute atomic E-state index is 6.35. The van der Waals surface area contributed by atoms with E-state index in [1.165, 1.54) is 39.1 Å². The van der Waals surface area contributed by atoms with Crippen LogP contribution in [-0.2, 0) is 6.54 Å². The lowest BCUT2D eigenvalue weighted by molar-refractivity contribution is 0.237. The second-order valence-electron chi connectivity index (χ2n) is 8.55. The summed E-state index contributed by atoms with van der Waals surface area (Å²) in [5.74, 6) is 1.88. The van der Waals surface area contributed by atoms with Crippen LogP contribution in [0.5, 0.6) is 5.75 Å². The average Bonchev–Trinajstić information content (AvgIpc) is 3.06. The van der Waals surface area contributed by atoms with Crippen molar-refractivity contribution in [3.05, 3.63) is 94.0 Å². The molecule has 1 aliphatic heterocycles. The molecule has 3 aromatic carbocycles. The van der Waals surface area contributed by atoms with E-state index in [1.54, 1.807) is 0 Å². The second-order valence-corrected chi connectivity index (χ2v) is 8.55. The lowest BCUT2D eigenvalue weighted by Crippen LogP contribution is -2.15. The normalized spacial score (nSPS) is 17.9. The predicted octanol–water partition coefficient (Wildman–Crippen LogP) is 6.95. The highest BCUT2D eigenvalue weighted by molar-refractivity contribution is 5.65. The van der Waals surface area contributed by atoms with E-state index in [2.05, 4.69) is 101 Å². The van der Waals surface area contributed by atoms with Crippen LogP contribution < -0.4 is 10.1 Å². The Hall–Kier alpha value is -2.74. The number of fused-ring (bicyclic) bond motifs is 1. The zero-order chi connectivity index (χ0) is 20.5. The largest absolute Gasteiger partial charge is 0.489 e. The quantitative estimate of drug-likeness (QED) is 0.513. The fourth-order valence-electron chi connectivity index (χ4n) is 4.33. The zero-order valence-corrected chi connectivity index (χ0v) is 18.1.